The van der Waals surface area contributed by atoms with Crippen LogP contribution in [-0.2, 0) is 31.9 Å². The number of unbranched alkanes of at least 4 members (excludes halogenated alkanes) is 5. The topological polar surface area (TPSA) is 95.4 Å². The van der Waals surface area contributed by atoms with Crippen LogP contribution >= 0.6 is 23.1 Å². The summed E-state index contributed by atoms with van der Waals surface area (Å²) in [6.45, 7) is 8.51. The minimum Gasteiger partial charge on any atom is -0.462 e. The number of halogens is 1. The maximum Gasteiger partial charge on any atom is 0.369 e. The lowest BCUT2D eigenvalue weighted by Gasteiger charge is -2.35. The minimum absolute atomic E-state index is 0.126. The zero-order valence-corrected chi connectivity index (χ0v) is 33.5. The van der Waals surface area contributed by atoms with Crippen LogP contribution in [0.3, 0.4) is 0 Å². The Labute approximate surface area is 330 Å². The Bertz CT molecular complexity index is 1730. The van der Waals surface area contributed by atoms with Crippen molar-refractivity contribution in [3.05, 3.63) is 89.0 Å². The molecule has 0 saturated carbocycles. The molecule has 292 valence electrons. The van der Waals surface area contributed by atoms with Gasteiger partial charge in [-0.25, -0.2) is 4.79 Å². The average Bonchev–Trinajstić information content (AvgIpc) is 3.74. The van der Waals surface area contributed by atoms with E-state index in [9.17, 15) is 14.7 Å². The number of hydrogen-bond acceptors (Lipinski definition) is 10. The van der Waals surface area contributed by atoms with Crippen LogP contribution in [0.15, 0.2) is 72.9 Å². The highest BCUT2D eigenvalue weighted by atomic mass is 35.5. The van der Waals surface area contributed by atoms with Gasteiger partial charge in [-0.15, -0.1) is 0 Å². The first-order valence-electron chi connectivity index (χ1n) is 19.8. The number of esters is 2. The van der Waals surface area contributed by atoms with E-state index < -0.39 is 24.4 Å². The van der Waals surface area contributed by atoms with Gasteiger partial charge in [0.05, 0.1) is 11.3 Å². The molecule has 2 aromatic carbocycles. The molecule has 54 heavy (non-hydrogen) atoms. The first kappa shape index (κ1) is 41.5. The van der Waals surface area contributed by atoms with Gasteiger partial charge in [0.2, 0.25) is 0 Å². The molecule has 2 unspecified atom stereocenters. The molecule has 1 aromatic heterocycles. The number of anilines is 2. The van der Waals surface area contributed by atoms with Crippen molar-refractivity contribution >= 4 is 56.7 Å². The first-order chi connectivity index (χ1) is 26.4. The molecule has 0 bridgehead atoms. The van der Waals surface area contributed by atoms with E-state index in [0.717, 1.165) is 107 Å². The SMILES string of the molecule is CC/C=C\C/C=C\C/C=C\CCCCCCCC(=O)OC(C(=O)OCC)N1c2cc(Cl)c(CCN3CCN(c4nsc5ccccc45)CC3)cc2CC1O. The van der Waals surface area contributed by atoms with E-state index in [1.54, 1.807) is 24.5 Å². The van der Waals surface area contributed by atoms with Gasteiger partial charge in [0.15, 0.2) is 0 Å². The summed E-state index contributed by atoms with van der Waals surface area (Å²) < 4.78 is 17.0. The van der Waals surface area contributed by atoms with Gasteiger partial charge in [-0.3, -0.25) is 9.69 Å². The molecular formula is C43H57ClN4O5S. The maximum atomic E-state index is 13.1. The van der Waals surface area contributed by atoms with Gasteiger partial charge in [-0.05, 0) is 92.7 Å². The lowest BCUT2D eigenvalue weighted by molar-refractivity contribution is -0.169. The maximum absolute atomic E-state index is 13.1. The molecule has 3 aromatic rings. The normalized spacial score (nSPS) is 17.0. The molecule has 0 radical (unpaired) electrons. The fraction of sp³-hybridized carbons (Fsp3) is 0.512. The number of aliphatic hydroxyl groups excluding tert-OH is 1. The fourth-order valence-electron chi connectivity index (χ4n) is 7.06. The molecule has 2 aliphatic rings. The monoisotopic (exact) mass is 776 g/mol. The van der Waals surface area contributed by atoms with E-state index >= 15 is 0 Å². The molecule has 2 atom stereocenters. The molecule has 1 saturated heterocycles. The fourth-order valence-corrected chi connectivity index (χ4v) is 8.11. The summed E-state index contributed by atoms with van der Waals surface area (Å²) in [5.74, 6) is -0.118. The Morgan fingerprint density at radius 1 is 0.963 bits per heavy atom. The van der Waals surface area contributed by atoms with Crippen LogP contribution in [0.1, 0.15) is 89.2 Å². The number of benzene rings is 2. The quantitative estimate of drug-likeness (QED) is 0.0646. The minimum atomic E-state index is -1.39. The molecule has 1 fully saturated rings. The number of hydrogen-bond donors (Lipinski definition) is 1. The van der Waals surface area contributed by atoms with E-state index in [4.69, 9.17) is 25.4 Å². The summed E-state index contributed by atoms with van der Waals surface area (Å²) in [6.07, 6.45) is 21.0. The van der Waals surface area contributed by atoms with Crippen molar-refractivity contribution in [1.29, 1.82) is 0 Å². The molecule has 11 heteroatoms. The van der Waals surface area contributed by atoms with Crippen LogP contribution in [0, 0.1) is 0 Å². The highest BCUT2D eigenvalue weighted by molar-refractivity contribution is 7.13. The smallest absolute Gasteiger partial charge is 0.369 e. The second kappa shape index (κ2) is 22.0. The molecule has 5 rings (SSSR count). The predicted octanol–water partition coefficient (Wildman–Crippen LogP) is 9.02. The Kier molecular flexibility index (Phi) is 16.9. The Hall–Kier alpha value is -3.70. The number of carbonyl (C=O) groups excluding carboxylic acids is 2. The van der Waals surface area contributed by atoms with Crippen molar-refractivity contribution in [3.63, 3.8) is 0 Å². The second-order valence-electron chi connectivity index (χ2n) is 13.9. The third-order valence-corrected chi connectivity index (χ3v) is 11.2. The largest absolute Gasteiger partial charge is 0.462 e. The van der Waals surface area contributed by atoms with Gasteiger partial charge >= 0.3 is 11.9 Å². The summed E-state index contributed by atoms with van der Waals surface area (Å²) in [7, 11) is 0. The third-order valence-electron chi connectivity index (χ3n) is 9.99. The molecule has 9 nitrogen and oxygen atoms in total. The van der Waals surface area contributed by atoms with Crippen LogP contribution in [0.5, 0.6) is 0 Å². The lowest BCUT2D eigenvalue weighted by atomic mass is 10.0. The number of allylic oxidation sites excluding steroid dienone is 6. The van der Waals surface area contributed by atoms with Crippen molar-refractivity contribution in [2.75, 3.05) is 49.1 Å². The number of rotatable bonds is 21. The van der Waals surface area contributed by atoms with Crippen molar-refractivity contribution in [2.24, 2.45) is 0 Å². The molecule has 3 heterocycles. The Morgan fingerprint density at radius 3 is 2.46 bits per heavy atom. The Morgan fingerprint density at radius 2 is 1.69 bits per heavy atom. The summed E-state index contributed by atoms with van der Waals surface area (Å²) in [4.78, 5) is 32.4. The van der Waals surface area contributed by atoms with Crippen LogP contribution in [0.4, 0.5) is 11.5 Å². The number of piperazine rings is 1. The number of fused-ring (bicyclic) bond motifs is 2. The number of ether oxygens (including phenoxy) is 2. The number of aromatic nitrogens is 1. The number of nitrogens with zero attached hydrogens (tertiary/aromatic N) is 4. The van der Waals surface area contributed by atoms with Crippen LogP contribution in [0.2, 0.25) is 5.02 Å². The van der Waals surface area contributed by atoms with Crippen molar-refractivity contribution in [1.82, 2.24) is 9.27 Å². The van der Waals surface area contributed by atoms with E-state index in [1.165, 1.54) is 15.0 Å². The predicted molar refractivity (Wildman–Crippen MR) is 221 cm³/mol. The molecule has 0 spiro atoms. The molecular weight excluding hydrogens is 720 g/mol. The van der Waals surface area contributed by atoms with Gasteiger partial charge in [-0.1, -0.05) is 92.4 Å². The second-order valence-corrected chi connectivity index (χ2v) is 15.2. The highest BCUT2D eigenvalue weighted by Gasteiger charge is 2.41. The zero-order chi connectivity index (χ0) is 38.1. The number of aliphatic hydroxyl groups is 1. The van der Waals surface area contributed by atoms with Gasteiger partial charge in [0, 0.05) is 61.7 Å². The third kappa shape index (κ3) is 11.9. The standard InChI is InChI=1S/C43H57ClN4O5S/c1-3-5-6-7-8-9-10-11-12-13-14-15-16-17-18-23-40(50)53-42(43(51)52-4-2)48-37-32-36(44)33(30-34(37)31-39(48)49)24-25-46-26-28-47(29-27-46)41-35-21-19-20-22-38(35)54-45-41/h5-6,8-9,11-12,19-22,30,32,39,42,49H,3-4,7,10,13-18,23-29,31H2,1-2H3/b6-5-,9-8-,12-11-. The number of carbonyl (C=O) groups is 2. The van der Waals surface area contributed by atoms with Crippen molar-refractivity contribution < 1.29 is 24.2 Å². The van der Waals surface area contributed by atoms with E-state index in [0.29, 0.717) is 17.1 Å². The molecule has 2 aliphatic heterocycles. The highest BCUT2D eigenvalue weighted by Crippen LogP contribution is 2.38. The van der Waals surface area contributed by atoms with E-state index in [1.807, 2.05) is 6.07 Å². The van der Waals surface area contributed by atoms with Crippen LogP contribution < -0.4 is 9.80 Å². The molecule has 0 amide bonds. The molecule has 1 N–H and O–H groups in total. The van der Waals surface area contributed by atoms with Crippen LogP contribution in [-0.4, -0.2) is 78.1 Å². The average molecular weight is 777 g/mol. The van der Waals surface area contributed by atoms with Gasteiger partial charge in [-0.2, -0.15) is 4.37 Å². The summed E-state index contributed by atoms with van der Waals surface area (Å²) in [5, 5.41) is 12.9. The van der Waals surface area contributed by atoms with Crippen LogP contribution in [0.25, 0.3) is 10.1 Å². The zero-order valence-electron chi connectivity index (χ0n) is 32.0. The Balaban J connectivity index is 1.06. The molecule has 0 aliphatic carbocycles. The lowest BCUT2D eigenvalue weighted by Crippen LogP contribution is -2.49. The first-order valence-corrected chi connectivity index (χ1v) is 20.9. The summed E-state index contributed by atoms with van der Waals surface area (Å²) in [5.41, 5.74) is 2.43. The van der Waals surface area contributed by atoms with Gasteiger partial charge in [0.1, 0.15) is 12.0 Å². The summed E-state index contributed by atoms with van der Waals surface area (Å²) in [6, 6.07) is 12.2. The van der Waals surface area contributed by atoms with Gasteiger partial charge in [0.25, 0.3) is 6.23 Å². The summed E-state index contributed by atoms with van der Waals surface area (Å²) >= 11 is 8.39. The van der Waals surface area contributed by atoms with Gasteiger partial charge < -0.3 is 24.4 Å². The van der Waals surface area contributed by atoms with E-state index in [2.05, 4.69) is 77.4 Å². The van der Waals surface area contributed by atoms with Crippen molar-refractivity contribution in [2.45, 2.75) is 103 Å². The van der Waals surface area contributed by atoms with Crippen molar-refractivity contribution in [3.8, 4) is 0 Å². The van der Waals surface area contributed by atoms with E-state index in [-0.39, 0.29) is 19.4 Å².